The molecule has 4 rings (SSSR count). The molecule has 0 spiro atoms. The summed E-state index contributed by atoms with van der Waals surface area (Å²) < 4.78 is 23.9. The summed E-state index contributed by atoms with van der Waals surface area (Å²) in [5, 5.41) is 0. The van der Waals surface area contributed by atoms with Crippen molar-refractivity contribution in [3.63, 3.8) is 0 Å². The molecule has 0 bridgehead atoms. The Bertz CT molecular complexity index is 1140. The average molecular weight is 436 g/mol. The largest absolute Gasteiger partial charge is 0.457 e. The number of nitrogens with zero attached hydrogens (tertiary/aromatic N) is 2. The molecule has 0 aliphatic carbocycles. The molecule has 0 saturated carbocycles. The van der Waals surface area contributed by atoms with Crippen molar-refractivity contribution in [2.45, 2.75) is 32.9 Å². The van der Waals surface area contributed by atoms with Gasteiger partial charge in [-0.2, -0.15) is 0 Å². The molecular formula is C24H21FN2O5. The Balaban J connectivity index is 1.50. The number of rotatable bonds is 7. The van der Waals surface area contributed by atoms with Gasteiger partial charge in [-0.1, -0.05) is 32.4 Å². The number of benzene rings is 2. The second-order valence-electron chi connectivity index (χ2n) is 7.61. The van der Waals surface area contributed by atoms with Crippen LogP contribution >= 0.6 is 0 Å². The van der Waals surface area contributed by atoms with Gasteiger partial charge >= 0.3 is 5.97 Å². The molecule has 0 fully saturated rings. The van der Waals surface area contributed by atoms with E-state index in [-0.39, 0.29) is 35.4 Å². The van der Waals surface area contributed by atoms with Gasteiger partial charge in [-0.25, -0.2) is 14.2 Å². The van der Waals surface area contributed by atoms with Gasteiger partial charge in [0.1, 0.15) is 30.4 Å². The maximum absolute atomic E-state index is 13.1. The van der Waals surface area contributed by atoms with Crippen molar-refractivity contribution in [3.8, 4) is 11.5 Å². The van der Waals surface area contributed by atoms with Crippen LogP contribution in [0.3, 0.4) is 0 Å². The van der Waals surface area contributed by atoms with Gasteiger partial charge in [0.25, 0.3) is 11.8 Å². The Morgan fingerprint density at radius 2 is 1.72 bits per heavy atom. The molecule has 2 heterocycles. The molecule has 7 nitrogen and oxygen atoms in total. The molecule has 2 amide bonds. The molecule has 0 unspecified atom stereocenters. The summed E-state index contributed by atoms with van der Waals surface area (Å²) in [5.41, 5.74) is 1.48. The number of carbonyl (C=O) groups is 3. The summed E-state index contributed by atoms with van der Waals surface area (Å²) in [5.74, 6) is -2.13. The number of halogens is 1. The van der Waals surface area contributed by atoms with Crippen molar-refractivity contribution >= 4 is 17.8 Å². The predicted octanol–water partition coefficient (Wildman–Crippen LogP) is 4.23. The van der Waals surface area contributed by atoms with Crippen LogP contribution < -0.4 is 0 Å². The van der Waals surface area contributed by atoms with E-state index in [1.807, 2.05) is 6.92 Å². The van der Waals surface area contributed by atoms with Crippen LogP contribution in [0.15, 0.2) is 59.2 Å². The highest BCUT2D eigenvalue weighted by Crippen LogP contribution is 2.29. The van der Waals surface area contributed by atoms with Crippen LogP contribution in [-0.2, 0) is 16.1 Å². The molecule has 2 atom stereocenters. The molecule has 32 heavy (non-hydrogen) atoms. The number of carbonyl (C=O) groups excluding carboxylic acids is 3. The van der Waals surface area contributed by atoms with E-state index in [0.29, 0.717) is 17.7 Å². The summed E-state index contributed by atoms with van der Waals surface area (Å²) in [4.78, 5) is 44.0. The molecule has 1 aliphatic heterocycles. The lowest BCUT2D eigenvalue weighted by Gasteiger charge is -2.28. The van der Waals surface area contributed by atoms with Crippen molar-refractivity contribution in [2.75, 3.05) is 0 Å². The van der Waals surface area contributed by atoms with Crippen LogP contribution in [-0.4, -0.2) is 33.7 Å². The molecule has 2 aromatic carbocycles. The van der Waals surface area contributed by atoms with Crippen LogP contribution in [0.25, 0.3) is 11.5 Å². The van der Waals surface area contributed by atoms with Crippen molar-refractivity contribution < 1.29 is 27.9 Å². The number of imide groups is 1. The first-order chi connectivity index (χ1) is 15.4. The topological polar surface area (TPSA) is 89.7 Å². The van der Waals surface area contributed by atoms with Crippen LogP contribution in [0.1, 0.15) is 46.7 Å². The SMILES string of the molecule is CC[C@H](C)[C@@H](C(=O)OCc1coc(-c2ccc(F)cc2)n1)N1C(=O)c2ccccc2C1=O. The standard InChI is InChI=1S/C24H21FN2O5/c1-3-14(2)20(27-22(28)18-6-4-5-7-19(18)23(27)29)24(30)32-13-17-12-31-21(26-17)15-8-10-16(25)11-9-15/h4-12,14,20H,3,13H2,1-2H3/t14-,20-/m0/s1. The fraction of sp³-hybridized carbons (Fsp3) is 0.250. The third kappa shape index (κ3) is 3.91. The third-order valence-electron chi connectivity index (χ3n) is 5.53. The minimum Gasteiger partial charge on any atom is -0.457 e. The lowest BCUT2D eigenvalue weighted by Crippen LogP contribution is -2.49. The van der Waals surface area contributed by atoms with E-state index >= 15 is 0 Å². The Morgan fingerprint density at radius 1 is 1.09 bits per heavy atom. The Labute approximate surface area is 183 Å². The average Bonchev–Trinajstić information content (AvgIpc) is 3.37. The zero-order chi connectivity index (χ0) is 22.8. The smallest absolute Gasteiger partial charge is 0.330 e. The van der Waals surface area contributed by atoms with Crippen molar-refractivity contribution in [1.29, 1.82) is 0 Å². The molecule has 0 N–H and O–H groups in total. The summed E-state index contributed by atoms with van der Waals surface area (Å²) in [7, 11) is 0. The van der Waals surface area contributed by atoms with Gasteiger partial charge in [-0.15, -0.1) is 0 Å². The Morgan fingerprint density at radius 3 is 2.31 bits per heavy atom. The van der Waals surface area contributed by atoms with E-state index in [1.165, 1.54) is 30.5 Å². The first-order valence-corrected chi connectivity index (χ1v) is 10.2. The summed E-state index contributed by atoms with van der Waals surface area (Å²) in [6.45, 7) is 3.47. The molecular weight excluding hydrogens is 415 g/mol. The van der Waals surface area contributed by atoms with Crippen molar-refractivity contribution in [3.05, 3.63) is 77.4 Å². The van der Waals surface area contributed by atoms with Crippen LogP contribution in [0, 0.1) is 11.7 Å². The maximum Gasteiger partial charge on any atom is 0.330 e. The minimum absolute atomic E-state index is 0.195. The van der Waals surface area contributed by atoms with E-state index < -0.39 is 23.8 Å². The number of hydrogen-bond acceptors (Lipinski definition) is 6. The highest BCUT2D eigenvalue weighted by atomic mass is 19.1. The zero-order valence-electron chi connectivity index (χ0n) is 17.6. The first kappa shape index (κ1) is 21.4. The monoisotopic (exact) mass is 436 g/mol. The van der Waals surface area contributed by atoms with Gasteiger partial charge < -0.3 is 9.15 Å². The van der Waals surface area contributed by atoms with E-state index in [0.717, 1.165) is 4.90 Å². The van der Waals surface area contributed by atoms with E-state index in [1.54, 1.807) is 31.2 Å². The normalized spacial score (nSPS) is 14.9. The van der Waals surface area contributed by atoms with Crippen LogP contribution in [0.2, 0.25) is 0 Å². The second kappa shape index (κ2) is 8.74. The fourth-order valence-electron chi connectivity index (χ4n) is 3.60. The summed E-state index contributed by atoms with van der Waals surface area (Å²) in [6.07, 6.45) is 1.90. The number of ether oxygens (including phenoxy) is 1. The van der Waals surface area contributed by atoms with E-state index in [2.05, 4.69) is 4.98 Å². The van der Waals surface area contributed by atoms with Gasteiger partial charge in [-0.05, 0) is 42.3 Å². The van der Waals surface area contributed by atoms with Gasteiger partial charge in [0.15, 0.2) is 0 Å². The molecule has 1 aliphatic rings. The van der Waals surface area contributed by atoms with Crippen LogP contribution in [0.5, 0.6) is 0 Å². The zero-order valence-corrected chi connectivity index (χ0v) is 17.6. The number of aromatic nitrogens is 1. The van der Waals surface area contributed by atoms with Gasteiger partial charge in [0.05, 0.1) is 11.1 Å². The van der Waals surface area contributed by atoms with E-state index in [9.17, 15) is 18.8 Å². The number of esters is 1. The van der Waals surface area contributed by atoms with Crippen molar-refractivity contribution in [2.24, 2.45) is 5.92 Å². The lowest BCUT2D eigenvalue weighted by molar-refractivity contribution is -0.151. The Hall–Kier alpha value is -3.81. The first-order valence-electron chi connectivity index (χ1n) is 10.2. The summed E-state index contributed by atoms with van der Waals surface area (Å²) in [6, 6.07) is 11.1. The van der Waals surface area contributed by atoms with Gasteiger partial charge in [0, 0.05) is 5.56 Å². The lowest BCUT2D eigenvalue weighted by atomic mass is 9.97. The third-order valence-corrected chi connectivity index (χ3v) is 5.53. The van der Waals surface area contributed by atoms with Gasteiger partial charge in [-0.3, -0.25) is 14.5 Å². The van der Waals surface area contributed by atoms with E-state index in [4.69, 9.17) is 9.15 Å². The quantitative estimate of drug-likeness (QED) is 0.407. The molecule has 3 aromatic rings. The molecule has 0 saturated heterocycles. The predicted molar refractivity (Wildman–Crippen MR) is 112 cm³/mol. The second-order valence-corrected chi connectivity index (χ2v) is 7.61. The van der Waals surface area contributed by atoms with Gasteiger partial charge in [0.2, 0.25) is 5.89 Å². The number of oxazole rings is 1. The molecule has 8 heteroatoms. The highest BCUT2D eigenvalue weighted by Gasteiger charge is 2.45. The number of hydrogen-bond donors (Lipinski definition) is 0. The molecule has 164 valence electrons. The highest BCUT2D eigenvalue weighted by molar-refractivity contribution is 6.22. The molecule has 1 aromatic heterocycles. The Kier molecular flexibility index (Phi) is 5.85. The van der Waals surface area contributed by atoms with Crippen LogP contribution in [0.4, 0.5) is 4.39 Å². The van der Waals surface area contributed by atoms with Crippen molar-refractivity contribution in [1.82, 2.24) is 9.88 Å². The fourth-order valence-corrected chi connectivity index (χ4v) is 3.60. The maximum atomic E-state index is 13.1. The summed E-state index contributed by atoms with van der Waals surface area (Å²) >= 11 is 0. The number of amides is 2. The minimum atomic E-state index is -1.06. The molecule has 0 radical (unpaired) electrons. The number of fused-ring (bicyclic) bond motifs is 1.